The van der Waals surface area contributed by atoms with E-state index < -0.39 is 0 Å². The molecule has 1 aromatic heterocycles. The normalized spacial score (nSPS) is 30.2. The number of hydrogen-bond acceptors (Lipinski definition) is 3. The molecule has 2 atom stereocenters. The number of piperidine rings is 1. The average molecular weight is 245 g/mol. The summed E-state index contributed by atoms with van der Waals surface area (Å²) in [5.41, 5.74) is 0.735. The Morgan fingerprint density at radius 3 is 2.50 bits per heavy atom. The predicted molar refractivity (Wildman–Crippen MR) is 69.3 cm³/mol. The summed E-state index contributed by atoms with van der Waals surface area (Å²) in [7, 11) is 1.93. The smallest absolute Gasteiger partial charge is 0.253 e. The second-order valence-electron chi connectivity index (χ2n) is 5.42. The molecule has 0 radical (unpaired) electrons. The standard InChI is InChI=1S/C14H19N3O/c1-17(14(18)10-4-6-15-7-5-10)13-8-11-2-3-12(9-13)16-11/h4-7,11-13,16H,2-3,8-9H2,1H3. The molecule has 2 unspecified atom stereocenters. The molecule has 1 aromatic rings. The Balaban J connectivity index is 1.71. The Labute approximate surface area is 107 Å². The first-order valence-corrected chi connectivity index (χ1v) is 6.67. The van der Waals surface area contributed by atoms with Gasteiger partial charge in [-0.1, -0.05) is 0 Å². The van der Waals surface area contributed by atoms with E-state index in [1.165, 1.54) is 12.8 Å². The van der Waals surface area contributed by atoms with Gasteiger partial charge in [0.25, 0.3) is 5.91 Å². The van der Waals surface area contributed by atoms with Gasteiger partial charge in [-0.3, -0.25) is 9.78 Å². The molecule has 2 bridgehead atoms. The van der Waals surface area contributed by atoms with Crippen LogP contribution in [0.25, 0.3) is 0 Å². The summed E-state index contributed by atoms with van der Waals surface area (Å²) in [4.78, 5) is 18.2. The van der Waals surface area contributed by atoms with E-state index in [1.807, 2.05) is 11.9 Å². The van der Waals surface area contributed by atoms with Gasteiger partial charge in [-0.15, -0.1) is 0 Å². The van der Waals surface area contributed by atoms with Crippen molar-refractivity contribution in [3.8, 4) is 0 Å². The van der Waals surface area contributed by atoms with Crippen LogP contribution in [0.15, 0.2) is 24.5 Å². The molecule has 4 nitrogen and oxygen atoms in total. The molecule has 0 aromatic carbocycles. The molecule has 18 heavy (non-hydrogen) atoms. The van der Waals surface area contributed by atoms with Gasteiger partial charge in [-0.2, -0.15) is 0 Å². The highest BCUT2D eigenvalue weighted by Crippen LogP contribution is 2.29. The number of nitrogens with one attached hydrogen (secondary N) is 1. The van der Waals surface area contributed by atoms with Crippen molar-refractivity contribution in [2.45, 2.75) is 43.8 Å². The van der Waals surface area contributed by atoms with Gasteiger partial charge in [0.05, 0.1) is 0 Å². The van der Waals surface area contributed by atoms with Crippen molar-refractivity contribution in [1.82, 2.24) is 15.2 Å². The molecule has 3 heterocycles. The van der Waals surface area contributed by atoms with Gasteiger partial charge < -0.3 is 10.2 Å². The summed E-state index contributed by atoms with van der Waals surface area (Å²) in [5.74, 6) is 0.115. The Bertz CT molecular complexity index is 422. The zero-order valence-electron chi connectivity index (χ0n) is 10.7. The van der Waals surface area contributed by atoms with E-state index >= 15 is 0 Å². The minimum atomic E-state index is 0.115. The number of carbonyl (C=O) groups excluding carboxylic acids is 1. The first-order chi connectivity index (χ1) is 8.74. The quantitative estimate of drug-likeness (QED) is 0.857. The van der Waals surface area contributed by atoms with Gasteiger partial charge >= 0.3 is 0 Å². The summed E-state index contributed by atoms with van der Waals surface area (Å²) < 4.78 is 0. The third kappa shape index (κ3) is 2.12. The van der Waals surface area contributed by atoms with Crippen molar-refractivity contribution in [2.75, 3.05) is 7.05 Å². The fourth-order valence-corrected chi connectivity index (χ4v) is 3.21. The van der Waals surface area contributed by atoms with Crippen LogP contribution in [-0.4, -0.2) is 41.0 Å². The Morgan fingerprint density at radius 2 is 1.89 bits per heavy atom. The van der Waals surface area contributed by atoms with Gasteiger partial charge in [0.2, 0.25) is 0 Å². The molecule has 3 rings (SSSR count). The van der Waals surface area contributed by atoms with Gasteiger partial charge in [-0.05, 0) is 37.8 Å². The molecule has 2 saturated heterocycles. The minimum absolute atomic E-state index is 0.115. The molecule has 0 aliphatic carbocycles. The Hall–Kier alpha value is -1.42. The molecule has 2 fully saturated rings. The van der Waals surface area contributed by atoms with Crippen molar-refractivity contribution in [2.24, 2.45) is 0 Å². The zero-order valence-corrected chi connectivity index (χ0v) is 10.7. The van der Waals surface area contributed by atoms with Crippen LogP contribution in [0, 0.1) is 0 Å². The third-order valence-electron chi connectivity index (χ3n) is 4.24. The maximum absolute atomic E-state index is 12.4. The van der Waals surface area contributed by atoms with E-state index in [1.54, 1.807) is 24.5 Å². The van der Waals surface area contributed by atoms with E-state index in [9.17, 15) is 4.79 Å². The number of nitrogens with zero attached hydrogens (tertiary/aromatic N) is 2. The topological polar surface area (TPSA) is 45.2 Å². The fourth-order valence-electron chi connectivity index (χ4n) is 3.21. The maximum atomic E-state index is 12.4. The molecule has 0 spiro atoms. The van der Waals surface area contributed by atoms with Crippen LogP contribution in [-0.2, 0) is 0 Å². The van der Waals surface area contributed by atoms with E-state index in [-0.39, 0.29) is 5.91 Å². The molecular formula is C14H19N3O. The number of fused-ring (bicyclic) bond motifs is 2. The monoisotopic (exact) mass is 245 g/mol. The number of aromatic nitrogens is 1. The third-order valence-corrected chi connectivity index (χ3v) is 4.24. The largest absolute Gasteiger partial charge is 0.339 e. The molecule has 2 aliphatic rings. The van der Waals surface area contributed by atoms with Gasteiger partial charge in [-0.25, -0.2) is 0 Å². The van der Waals surface area contributed by atoms with Crippen molar-refractivity contribution < 1.29 is 4.79 Å². The first kappa shape index (κ1) is 11.7. The van der Waals surface area contributed by atoms with Crippen molar-refractivity contribution >= 4 is 5.91 Å². The number of carbonyl (C=O) groups is 1. The Kier molecular flexibility index (Phi) is 3.04. The number of amides is 1. The van der Waals surface area contributed by atoms with Crippen molar-refractivity contribution in [1.29, 1.82) is 0 Å². The molecule has 1 amide bonds. The summed E-state index contributed by atoms with van der Waals surface area (Å²) in [6, 6.07) is 5.18. The fraction of sp³-hybridized carbons (Fsp3) is 0.571. The van der Waals surface area contributed by atoms with Crippen molar-refractivity contribution in [3.63, 3.8) is 0 Å². The van der Waals surface area contributed by atoms with Crippen LogP contribution in [0.5, 0.6) is 0 Å². The average Bonchev–Trinajstić information content (AvgIpc) is 2.77. The predicted octanol–water partition coefficient (Wildman–Crippen LogP) is 1.44. The number of pyridine rings is 1. The van der Waals surface area contributed by atoms with Crippen LogP contribution < -0.4 is 5.32 Å². The van der Waals surface area contributed by atoms with Crippen LogP contribution >= 0.6 is 0 Å². The van der Waals surface area contributed by atoms with Crippen LogP contribution in [0.4, 0.5) is 0 Å². The lowest BCUT2D eigenvalue weighted by Gasteiger charge is -2.35. The van der Waals surface area contributed by atoms with E-state index in [0.29, 0.717) is 18.1 Å². The lowest BCUT2D eigenvalue weighted by molar-refractivity contribution is 0.0681. The lowest BCUT2D eigenvalue weighted by Crippen LogP contribution is -2.48. The highest BCUT2D eigenvalue weighted by atomic mass is 16.2. The summed E-state index contributed by atoms with van der Waals surface area (Å²) >= 11 is 0. The first-order valence-electron chi connectivity index (χ1n) is 6.67. The molecular weight excluding hydrogens is 226 g/mol. The zero-order chi connectivity index (χ0) is 12.5. The second-order valence-corrected chi connectivity index (χ2v) is 5.42. The summed E-state index contributed by atoms with van der Waals surface area (Å²) in [6.45, 7) is 0. The molecule has 2 aliphatic heterocycles. The number of hydrogen-bond donors (Lipinski definition) is 1. The molecule has 0 saturated carbocycles. The lowest BCUT2D eigenvalue weighted by atomic mass is 9.98. The SMILES string of the molecule is CN(C(=O)c1ccncc1)C1CC2CCC(C1)N2. The van der Waals surface area contributed by atoms with Crippen LogP contribution in [0.1, 0.15) is 36.0 Å². The van der Waals surface area contributed by atoms with E-state index in [4.69, 9.17) is 0 Å². The minimum Gasteiger partial charge on any atom is -0.339 e. The van der Waals surface area contributed by atoms with Gasteiger partial charge in [0.15, 0.2) is 0 Å². The molecule has 96 valence electrons. The maximum Gasteiger partial charge on any atom is 0.253 e. The van der Waals surface area contributed by atoms with Crippen molar-refractivity contribution in [3.05, 3.63) is 30.1 Å². The highest BCUT2D eigenvalue weighted by molar-refractivity contribution is 5.94. The highest BCUT2D eigenvalue weighted by Gasteiger charge is 2.36. The second kappa shape index (κ2) is 4.69. The van der Waals surface area contributed by atoms with Crippen LogP contribution in [0.3, 0.4) is 0 Å². The van der Waals surface area contributed by atoms with Gasteiger partial charge in [0.1, 0.15) is 0 Å². The van der Waals surface area contributed by atoms with Crippen LogP contribution in [0.2, 0.25) is 0 Å². The number of rotatable bonds is 2. The Morgan fingerprint density at radius 1 is 1.28 bits per heavy atom. The van der Waals surface area contributed by atoms with Gasteiger partial charge in [0, 0.05) is 43.1 Å². The molecule has 4 heteroatoms. The summed E-state index contributed by atoms with van der Waals surface area (Å²) in [6.07, 6.45) is 8.05. The summed E-state index contributed by atoms with van der Waals surface area (Å²) in [5, 5.41) is 3.61. The van der Waals surface area contributed by atoms with E-state index in [2.05, 4.69) is 10.3 Å². The molecule has 1 N–H and O–H groups in total. The van der Waals surface area contributed by atoms with E-state index in [0.717, 1.165) is 18.4 Å².